The van der Waals surface area contributed by atoms with Crippen molar-refractivity contribution in [2.24, 2.45) is 5.92 Å². The molecule has 1 aliphatic heterocycles. The first kappa shape index (κ1) is 19.8. The van der Waals surface area contributed by atoms with Gasteiger partial charge in [-0.15, -0.1) is 10.2 Å². The molecule has 2 aromatic rings. The highest BCUT2D eigenvalue weighted by atomic mass is 32.2. The average molecular weight is 407 g/mol. The number of carbonyl (C=O) groups excluding carboxylic acids is 2. The van der Waals surface area contributed by atoms with Gasteiger partial charge < -0.3 is 15.0 Å². The lowest BCUT2D eigenvalue weighted by Gasteiger charge is -2.17. The normalized spacial score (nSPS) is 16.8. The van der Waals surface area contributed by atoms with E-state index in [1.165, 1.54) is 28.7 Å². The molecule has 2 amide bonds. The van der Waals surface area contributed by atoms with Gasteiger partial charge in [0.15, 0.2) is 4.34 Å². The third-order valence-electron chi connectivity index (χ3n) is 4.45. The smallest absolute Gasteiger partial charge is 0.231 e. The molecule has 2 heterocycles. The number of aromatic nitrogens is 2. The molecule has 0 unspecified atom stereocenters. The van der Waals surface area contributed by atoms with Gasteiger partial charge in [0.25, 0.3) is 0 Å². The van der Waals surface area contributed by atoms with Crippen LogP contribution in [0.3, 0.4) is 0 Å². The number of aryl methyl sites for hydroxylation is 2. The molecule has 9 heteroatoms. The zero-order valence-corrected chi connectivity index (χ0v) is 17.2. The van der Waals surface area contributed by atoms with E-state index in [1.807, 2.05) is 32.0 Å². The number of nitrogens with zero attached hydrogens (tertiary/aromatic N) is 3. The molecule has 7 nitrogen and oxygen atoms in total. The third kappa shape index (κ3) is 4.85. The molecular weight excluding hydrogens is 384 g/mol. The number of methoxy groups -OCH3 is 1. The van der Waals surface area contributed by atoms with Gasteiger partial charge in [0.2, 0.25) is 16.9 Å². The molecule has 1 saturated heterocycles. The first-order valence-electron chi connectivity index (χ1n) is 8.61. The Labute approximate surface area is 166 Å². The van der Waals surface area contributed by atoms with Crippen molar-refractivity contribution in [2.75, 3.05) is 36.2 Å². The SMILES string of the molecule is COCCSc1nnc(NC(=O)[C@@H]2CC(=O)N(c3ccc(C)c(C)c3)C2)s1. The summed E-state index contributed by atoms with van der Waals surface area (Å²) in [6.45, 7) is 5.05. The predicted molar refractivity (Wildman–Crippen MR) is 108 cm³/mol. The largest absolute Gasteiger partial charge is 0.384 e. The molecule has 1 atom stereocenters. The average Bonchev–Trinajstić information content (AvgIpc) is 3.24. The van der Waals surface area contributed by atoms with Gasteiger partial charge in [-0.25, -0.2) is 0 Å². The molecule has 0 radical (unpaired) electrons. The van der Waals surface area contributed by atoms with E-state index < -0.39 is 5.92 Å². The Morgan fingerprint density at radius 2 is 2.19 bits per heavy atom. The number of amides is 2. The summed E-state index contributed by atoms with van der Waals surface area (Å²) in [7, 11) is 1.65. The molecule has 1 aliphatic rings. The minimum Gasteiger partial charge on any atom is -0.384 e. The number of rotatable bonds is 7. The van der Waals surface area contributed by atoms with Crippen LogP contribution in [0.25, 0.3) is 0 Å². The molecule has 0 aliphatic carbocycles. The third-order valence-corrected chi connectivity index (χ3v) is 6.38. The molecule has 1 aromatic carbocycles. The Balaban J connectivity index is 1.59. The van der Waals surface area contributed by atoms with E-state index in [4.69, 9.17) is 4.74 Å². The zero-order valence-electron chi connectivity index (χ0n) is 15.5. The predicted octanol–water partition coefficient (Wildman–Crippen LogP) is 2.89. The lowest BCUT2D eigenvalue weighted by atomic mass is 10.1. The Kier molecular flexibility index (Phi) is 6.46. The fraction of sp³-hybridized carbons (Fsp3) is 0.444. The van der Waals surface area contributed by atoms with Crippen molar-refractivity contribution in [1.29, 1.82) is 0 Å². The minimum atomic E-state index is -0.396. The number of nitrogens with one attached hydrogen (secondary N) is 1. The number of benzene rings is 1. The fourth-order valence-corrected chi connectivity index (χ4v) is 4.49. The minimum absolute atomic E-state index is 0.0357. The number of hydrogen-bond donors (Lipinski definition) is 1. The first-order chi connectivity index (χ1) is 13.0. The van der Waals surface area contributed by atoms with E-state index in [-0.39, 0.29) is 18.2 Å². The molecule has 1 N–H and O–H groups in total. The van der Waals surface area contributed by atoms with E-state index in [2.05, 4.69) is 15.5 Å². The molecule has 144 valence electrons. The molecule has 1 aromatic heterocycles. The van der Waals surface area contributed by atoms with Crippen LogP contribution in [0, 0.1) is 19.8 Å². The number of anilines is 2. The zero-order chi connectivity index (χ0) is 19.4. The van der Waals surface area contributed by atoms with Gasteiger partial charge in [-0.3, -0.25) is 9.59 Å². The van der Waals surface area contributed by atoms with Gasteiger partial charge in [-0.1, -0.05) is 29.2 Å². The van der Waals surface area contributed by atoms with Crippen molar-refractivity contribution in [3.05, 3.63) is 29.3 Å². The summed E-state index contributed by atoms with van der Waals surface area (Å²) in [5.74, 6) is 0.152. The van der Waals surface area contributed by atoms with Crippen molar-refractivity contribution in [1.82, 2.24) is 10.2 Å². The second-order valence-electron chi connectivity index (χ2n) is 6.38. The topological polar surface area (TPSA) is 84.4 Å². The number of ether oxygens (including phenoxy) is 1. The van der Waals surface area contributed by atoms with Gasteiger partial charge in [0.05, 0.1) is 12.5 Å². The Hall–Kier alpha value is -1.97. The van der Waals surface area contributed by atoms with Gasteiger partial charge in [0.1, 0.15) is 0 Å². The molecule has 0 saturated carbocycles. The van der Waals surface area contributed by atoms with Crippen LogP contribution in [0.15, 0.2) is 22.5 Å². The summed E-state index contributed by atoms with van der Waals surface area (Å²) in [4.78, 5) is 26.6. The maximum atomic E-state index is 12.5. The van der Waals surface area contributed by atoms with E-state index in [0.717, 1.165) is 21.3 Å². The summed E-state index contributed by atoms with van der Waals surface area (Å²) in [6, 6.07) is 5.91. The monoisotopic (exact) mass is 406 g/mol. The van der Waals surface area contributed by atoms with Crippen LogP contribution < -0.4 is 10.2 Å². The molecule has 0 bridgehead atoms. The number of thioether (sulfide) groups is 1. The summed E-state index contributed by atoms with van der Waals surface area (Å²) in [5, 5.41) is 11.3. The molecular formula is C18H22N4O3S2. The van der Waals surface area contributed by atoms with Crippen LogP contribution in [0.5, 0.6) is 0 Å². The number of carbonyl (C=O) groups is 2. The van der Waals surface area contributed by atoms with E-state index in [0.29, 0.717) is 18.3 Å². The maximum Gasteiger partial charge on any atom is 0.231 e. The van der Waals surface area contributed by atoms with Crippen molar-refractivity contribution in [3.63, 3.8) is 0 Å². The fourth-order valence-electron chi connectivity index (χ4n) is 2.76. The molecule has 0 spiro atoms. The van der Waals surface area contributed by atoms with Crippen LogP contribution >= 0.6 is 23.1 Å². The van der Waals surface area contributed by atoms with Crippen molar-refractivity contribution >= 4 is 45.7 Å². The number of hydrogen-bond acceptors (Lipinski definition) is 7. The quantitative estimate of drug-likeness (QED) is 0.432. The van der Waals surface area contributed by atoms with Gasteiger partial charge >= 0.3 is 0 Å². The highest BCUT2D eigenvalue weighted by Crippen LogP contribution is 2.29. The van der Waals surface area contributed by atoms with Crippen molar-refractivity contribution in [3.8, 4) is 0 Å². The summed E-state index contributed by atoms with van der Waals surface area (Å²) >= 11 is 2.86. The second-order valence-corrected chi connectivity index (χ2v) is 8.70. The van der Waals surface area contributed by atoms with E-state index in [1.54, 1.807) is 12.0 Å². The molecule has 3 rings (SSSR count). The summed E-state index contributed by atoms with van der Waals surface area (Å²) < 4.78 is 5.78. The Morgan fingerprint density at radius 1 is 1.37 bits per heavy atom. The second kappa shape index (κ2) is 8.81. The Morgan fingerprint density at radius 3 is 2.93 bits per heavy atom. The van der Waals surface area contributed by atoms with E-state index in [9.17, 15) is 9.59 Å². The van der Waals surface area contributed by atoms with Crippen LogP contribution in [0.1, 0.15) is 17.5 Å². The highest BCUT2D eigenvalue weighted by Gasteiger charge is 2.35. The van der Waals surface area contributed by atoms with Crippen LogP contribution in [-0.4, -0.2) is 48.0 Å². The van der Waals surface area contributed by atoms with Gasteiger partial charge in [-0.2, -0.15) is 0 Å². The molecule has 1 fully saturated rings. The first-order valence-corrected chi connectivity index (χ1v) is 10.4. The lowest BCUT2D eigenvalue weighted by Crippen LogP contribution is -2.28. The van der Waals surface area contributed by atoms with Crippen molar-refractivity contribution in [2.45, 2.75) is 24.6 Å². The lowest BCUT2D eigenvalue weighted by molar-refractivity contribution is -0.122. The maximum absolute atomic E-state index is 12.5. The molecule has 27 heavy (non-hydrogen) atoms. The summed E-state index contributed by atoms with van der Waals surface area (Å²) in [6.07, 6.45) is 0.201. The van der Waals surface area contributed by atoms with Gasteiger partial charge in [-0.05, 0) is 37.1 Å². The van der Waals surface area contributed by atoms with Crippen LogP contribution in [-0.2, 0) is 14.3 Å². The van der Waals surface area contributed by atoms with Crippen LogP contribution in [0.2, 0.25) is 0 Å². The van der Waals surface area contributed by atoms with Crippen molar-refractivity contribution < 1.29 is 14.3 Å². The highest BCUT2D eigenvalue weighted by molar-refractivity contribution is 8.01. The summed E-state index contributed by atoms with van der Waals surface area (Å²) in [5.41, 5.74) is 3.14. The van der Waals surface area contributed by atoms with Crippen LogP contribution in [0.4, 0.5) is 10.8 Å². The standard InChI is InChI=1S/C18H22N4O3S2/c1-11-4-5-14(8-12(11)2)22-10-13(9-15(22)23)16(24)19-17-20-21-18(27-17)26-7-6-25-3/h4-5,8,13H,6-7,9-10H2,1-3H3,(H,19,20,24)/t13-/m1/s1. The Bertz CT molecular complexity index is 840. The van der Waals surface area contributed by atoms with E-state index >= 15 is 0 Å². The van der Waals surface area contributed by atoms with Gasteiger partial charge in [0, 0.05) is 31.5 Å².